The van der Waals surface area contributed by atoms with E-state index in [-0.39, 0.29) is 10.8 Å². The van der Waals surface area contributed by atoms with E-state index < -0.39 is 0 Å². The average molecular weight is 769 g/mol. The molecule has 6 heteroatoms. The van der Waals surface area contributed by atoms with Crippen LogP contribution >= 0.6 is 11.3 Å². The highest BCUT2D eigenvalue weighted by atomic mass is 32.1. The van der Waals surface area contributed by atoms with Gasteiger partial charge in [-0.1, -0.05) is 126 Å². The van der Waals surface area contributed by atoms with Gasteiger partial charge in [0.05, 0.1) is 16.6 Å². The number of aryl methyl sites for hydroxylation is 1. The smallest absolute Gasteiger partial charge is 0.198 e. The zero-order chi connectivity index (χ0) is 39.7. The summed E-state index contributed by atoms with van der Waals surface area (Å²) in [6, 6.07) is 49.8. The highest BCUT2D eigenvalue weighted by Gasteiger charge is 2.29. The number of nitrogens with one attached hydrogen (secondary N) is 1. The van der Waals surface area contributed by atoms with Crippen LogP contribution in [0.25, 0.3) is 81.2 Å². The minimum atomic E-state index is -0.0139. The summed E-state index contributed by atoms with van der Waals surface area (Å²) in [5.74, 6) is 0.982. The first kappa shape index (κ1) is 35.1. The summed E-state index contributed by atoms with van der Waals surface area (Å²) < 4.78 is 7.48. The normalized spacial score (nSPS) is 12.9. The van der Waals surface area contributed by atoms with Crippen LogP contribution in [0, 0.1) is 0 Å². The predicted molar refractivity (Wildman–Crippen MR) is 252 cm³/mol. The van der Waals surface area contributed by atoms with Crippen LogP contribution in [0.2, 0.25) is 0 Å². The van der Waals surface area contributed by atoms with Gasteiger partial charge in [-0.2, -0.15) is 0 Å². The standard InChI is InChI=1S/C52H45BN4S/c1-51(2,3)31-17-20-33(21-18-31)54-41-24-19-32(52(4,5)6)25-37(41)35-22-23-36-38-26-39-34-15-11-12-16-46(34)58-47(39)29-43(38)57-44-28-45-42(27-40(44)53-48(35)49(36)57)55-50(56(45)7)30-13-9-8-10-14-30/h8-29,53-54H,1-7H3. The Bertz CT molecular complexity index is 3300. The highest BCUT2D eigenvalue weighted by Crippen LogP contribution is 2.43. The van der Waals surface area contributed by atoms with Crippen LogP contribution in [0.5, 0.6) is 0 Å². The van der Waals surface area contributed by atoms with Gasteiger partial charge in [0, 0.05) is 71.7 Å². The largest absolute Gasteiger partial charge is 0.355 e. The summed E-state index contributed by atoms with van der Waals surface area (Å²) in [6.07, 6.45) is 0. The number of benzene rings is 7. The molecule has 7 aromatic carbocycles. The van der Waals surface area contributed by atoms with Gasteiger partial charge in [0.25, 0.3) is 0 Å². The van der Waals surface area contributed by atoms with Crippen LogP contribution in [-0.4, -0.2) is 21.4 Å². The van der Waals surface area contributed by atoms with Gasteiger partial charge in [0.2, 0.25) is 0 Å². The lowest BCUT2D eigenvalue weighted by Gasteiger charge is -2.26. The molecule has 10 aromatic rings. The summed E-state index contributed by atoms with van der Waals surface area (Å²) in [7, 11) is 2.96. The van der Waals surface area contributed by atoms with E-state index in [9.17, 15) is 0 Å². The zero-order valence-corrected chi connectivity index (χ0v) is 35.0. The lowest BCUT2D eigenvalue weighted by molar-refractivity contribution is 0.590. The second kappa shape index (κ2) is 12.4. The Morgan fingerprint density at radius 1 is 0.603 bits per heavy atom. The minimum Gasteiger partial charge on any atom is -0.355 e. The molecule has 0 unspecified atom stereocenters. The van der Waals surface area contributed by atoms with E-state index in [1.807, 2.05) is 11.3 Å². The van der Waals surface area contributed by atoms with Crippen molar-refractivity contribution in [1.29, 1.82) is 0 Å². The van der Waals surface area contributed by atoms with Crippen molar-refractivity contribution in [1.82, 2.24) is 14.1 Å². The maximum absolute atomic E-state index is 5.26. The van der Waals surface area contributed by atoms with E-state index in [0.717, 1.165) is 41.1 Å². The Hall–Kier alpha value is -6.11. The van der Waals surface area contributed by atoms with Gasteiger partial charge in [-0.25, -0.2) is 4.98 Å². The fraction of sp³-hybridized carbons (Fsp3) is 0.173. The lowest BCUT2D eigenvalue weighted by Crippen LogP contribution is -2.37. The number of anilines is 2. The summed E-state index contributed by atoms with van der Waals surface area (Å²) in [5, 5.41) is 9.12. The Labute approximate surface area is 344 Å². The Morgan fingerprint density at radius 2 is 1.34 bits per heavy atom. The number of hydrogen-bond donors (Lipinski definition) is 1. The molecule has 1 aliphatic heterocycles. The third-order valence-electron chi connectivity index (χ3n) is 12.5. The van der Waals surface area contributed by atoms with E-state index in [0.29, 0.717) is 0 Å². The number of fused-ring (bicyclic) bond motifs is 9. The molecule has 0 spiro atoms. The number of rotatable bonds is 4. The maximum Gasteiger partial charge on any atom is 0.198 e. The topological polar surface area (TPSA) is 34.8 Å². The van der Waals surface area contributed by atoms with Crippen molar-refractivity contribution in [3.05, 3.63) is 145 Å². The lowest BCUT2D eigenvalue weighted by atomic mass is 9.59. The second-order valence-electron chi connectivity index (χ2n) is 18.3. The molecule has 0 saturated heterocycles. The molecule has 0 aliphatic carbocycles. The van der Waals surface area contributed by atoms with Crippen molar-refractivity contribution in [2.45, 2.75) is 52.4 Å². The van der Waals surface area contributed by atoms with Gasteiger partial charge in [-0.05, 0) is 87.6 Å². The number of aromatic nitrogens is 3. The third-order valence-corrected chi connectivity index (χ3v) is 13.6. The predicted octanol–water partition coefficient (Wildman–Crippen LogP) is 12.4. The zero-order valence-electron chi connectivity index (χ0n) is 34.2. The molecular weight excluding hydrogens is 723 g/mol. The molecule has 1 N–H and O–H groups in total. The van der Waals surface area contributed by atoms with Gasteiger partial charge in [-0.3, -0.25) is 0 Å². The summed E-state index contributed by atoms with van der Waals surface area (Å²) in [5.41, 5.74) is 17.1. The van der Waals surface area contributed by atoms with Crippen molar-refractivity contribution >= 4 is 93.9 Å². The maximum atomic E-state index is 5.26. The molecule has 11 rings (SSSR count). The summed E-state index contributed by atoms with van der Waals surface area (Å²) in [6.45, 7) is 13.7. The molecule has 0 fully saturated rings. The molecular formula is C52H45BN4S. The van der Waals surface area contributed by atoms with E-state index in [2.05, 4.69) is 197 Å². The van der Waals surface area contributed by atoms with Crippen molar-refractivity contribution in [3.63, 3.8) is 0 Å². The number of thiophene rings is 1. The van der Waals surface area contributed by atoms with Crippen molar-refractivity contribution in [2.24, 2.45) is 7.05 Å². The van der Waals surface area contributed by atoms with Gasteiger partial charge in [-0.15, -0.1) is 11.3 Å². The number of imidazole rings is 1. The van der Waals surface area contributed by atoms with Gasteiger partial charge < -0.3 is 14.5 Å². The van der Waals surface area contributed by atoms with Crippen molar-refractivity contribution in [3.8, 4) is 28.2 Å². The molecule has 0 amide bonds. The fourth-order valence-corrected chi connectivity index (χ4v) is 10.4. The SMILES string of the molecule is Cn1c(-c2ccccc2)nc2cc3c(cc21)-n1c2cc4sc5ccccc5c4cc2c2ccc(-c4cc(C(C)(C)C)ccc4Nc4ccc(C(C)(C)C)cc4)c(c21)B3. The van der Waals surface area contributed by atoms with Crippen LogP contribution in [0.1, 0.15) is 52.7 Å². The van der Waals surface area contributed by atoms with Crippen LogP contribution < -0.4 is 16.2 Å². The molecule has 4 nitrogen and oxygen atoms in total. The summed E-state index contributed by atoms with van der Waals surface area (Å²) in [4.78, 5) is 5.26. The molecule has 282 valence electrons. The molecule has 0 atom stereocenters. The first-order chi connectivity index (χ1) is 27.9. The Morgan fingerprint density at radius 3 is 2.12 bits per heavy atom. The quantitative estimate of drug-likeness (QED) is 0.181. The van der Waals surface area contributed by atoms with E-state index in [4.69, 9.17) is 4.98 Å². The first-order valence-corrected chi connectivity index (χ1v) is 21.2. The monoisotopic (exact) mass is 768 g/mol. The van der Waals surface area contributed by atoms with Crippen LogP contribution in [0.4, 0.5) is 11.4 Å². The highest BCUT2D eigenvalue weighted by molar-refractivity contribution is 7.25. The number of hydrogen-bond acceptors (Lipinski definition) is 3. The van der Waals surface area contributed by atoms with E-state index in [1.54, 1.807) is 0 Å². The third kappa shape index (κ3) is 5.38. The molecule has 4 heterocycles. The van der Waals surface area contributed by atoms with Crippen LogP contribution in [-0.2, 0) is 17.9 Å². The Balaban J connectivity index is 1.18. The van der Waals surface area contributed by atoms with E-state index in [1.165, 1.54) is 80.8 Å². The van der Waals surface area contributed by atoms with E-state index >= 15 is 0 Å². The van der Waals surface area contributed by atoms with Crippen molar-refractivity contribution in [2.75, 3.05) is 5.32 Å². The van der Waals surface area contributed by atoms with Gasteiger partial charge >= 0.3 is 0 Å². The van der Waals surface area contributed by atoms with Gasteiger partial charge in [0.15, 0.2) is 7.28 Å². The summed E-state index contributed by atoms with van der Waals surface area (Å²) >= 11 is 1.89. The van der Waals surface area contributed by atoms with Crippen LogP contribution in [0.3, 0.4) is 0 Å². The Kier molecular flexibility index (Phi) is 7.53. The molecule has 58 heavy (non-hydrogen) atoms. The molecule has 0 bridgehead atoms. The molecule has 3 aromatic heterocycles. The fourth-order valence-electron chi connectivity index (χ4n) is 9.28. The average Bonchev–Trinajstić information content (AvgIpc) is 3.85. The van der Waals surface area contributed by atoms with Crippen molar-refractivity contribution < 1.29 is 0 Å². The molecule has 0 saturated carbocycles. The molecule has 0 radical (unpaired) electrons. The molecule has 1 aliphatic rings. The minimum absolute atomic E-state index is 0.0139. The second-order valence-corrected chi connectivity index (χ2v) is 19.3. The first-order valence-electron chi connectivity index (χ1n) is 20.4. The number of nitrogens with zero attached hydrogens (tertiary/aromatic N) is 3. The van der Waals surface area contributed by atoms with Crippen LogP contribution in [0.15, 0.2) is 133 Å². The van der Waals surface area contributed by atoms with Gasteiger partial charge in [0.1, 0.15) is 5.82 Å².